The number of carboxylic acids is 3. The van der Waals surface area contributed by atoms with Gasteiger partial charge in [-0.15, -0.1) is 4.37 Å². The van der Waals surface area contributed by atoms with Gasteiger partial charge in [-0.25, -0.2) is 4.79 Å². The number of aliphatic hydroxyl groups excluding tert-OH is 1. The summed E-state index contributed by atoms with van der Waals surface area (Å²) in [7, 11) is 0. The van der Waals surface area contributed by atoms with Gasteiger partial charge in [0, 0.05) is 25.2 Å². The van der Waals surface area contributed by atoms with Gasteiger partial charge in [-0.2, -0.15) is 4.37 Å². The van der Waals surface area contributed by atoms with Gasteiger partial charge in [-0.3, -0.25) is 9.59 Å². The first kappa shape index (κ1) is 29.4. The van der Waals surface area contributed by atoms with Crippen molar-refractivity contribution in [3.63, 3.8) is 0 Å². The number of β-amino-alcohol motifs (C(OH)–C–C–N with tert-alkyl or cyclic N) is 1. The van der Waals surface area contributed by atoms with Crippen LogP contribution < -0.4 is 15.0 Å². The Morgan fingerprint density at radius 2 is 1.68 bits per heavy atom. The van der Waals surface area contributed by atoms with Crippen LogP contribution in [0.1, 0.15) is 33.6 Å². The Bertz CT molecular complexity index is 791. The fraction of sp³-hybridized carbons (Fsp3) is 0.737. The van der Waals surface area contributed by atoms with Gasteiger partial charge in [-0.05, 0) is 20.8 Å². The molecule has 6 N–H and O–H groups in total. The molecule has 1 fully saturated rings. The van der Waals surface area contributed by atoms with Crippen LogP contribution in [0.25, 0.3) is 0 Å². The van der Waals surface area contributed by atoms with Crippen LogP contribution in [0.5, 0.6) is 5.88 Å². The molecule has 0 aromatic carbocycles. The first-order chi connectivity index (χ1) is 15.7. The number of carboxylic acid groups (broad SMARTS) is 3. The summed E-state index contributed by atoms with van der Waals surface area (Å²) in [6, 6.07) is 0. The normalized spacial score (nSPS) is 15.1. The molecule has 15 heteroatoms. The molecule has 0 saturated carbocycles. The highest BCUT2D eigenvalue weighted by atomic mass is 32.1. The van der Waals surface area contributed by atoms with Crippen molar-refractivity contribution < 1.29 is 49.4 Å². The summed E-state index contributed by atoms with van der Waals surface area (Å²) in [4.78, 5) is 32.6. The summed E-state index contributed by atoms with van der Waals surface area (Å²) in [6.07, 6.45) is -2.87. The molecule has 1 saturated heterocycles. The first-order valence-corrected chi connectivity index (χ1v) is 11.1. The van der Waals surface area contributed by atoms with E-state index in [1.807, 2.05) is 0 Å². The number of aliphatic hydroxyl groups is 2. The molecule has 194 valence electrons. The lowest BCUT2D eigenvalue weighted by molar-refractivity contribution is -0.170. The molecule has 1 aromatic heterocycles. The molecule has 14 nitrogen and oxygen atoms in total. The molecule has 1 aliphatic rings. The number of ether oxygens (including phenoxy) is 2. The number of morpholine rings is 1. The van der Waals surface area contributed by atoms with Gasteiger partial charge in [0.15, 0.2) is 5.60 Å². The molecule has 2 heterocycles. The molecule has 0 spiro atoms. The molecule has 0 aliphatic carbocycles. The molecule has 2 rings (SSSR count). The second-order valence-electron chi connectivity index (χ2n) is 8.57. The highest BCUT2D eigenvalue weighted by molar-refractivity contribution is 6.99. The van der Waals surface area contributed by atoms with Crippen molar-refractivity contribution in [3.8, 4) is 5.88 Å². The third-order valence-corrected chi connectivity index (χ3v) is 4.82. The van der Waals surface area contributed by atoms with E-state index in [2.05, 4.69) is 39.7 Å². The predicted octanol–water partition coefficient (Wildman–Crippen LogP) is -0.746. The number of nitrogens with one attached hydrogen (secondary N) is 1. The summed E-state index contributed by atoms with van der Waals surface area (Å²) >= 11 is 1.12. The minimum Gasteiger partial charge on any atom is -0.481 e. The lowest BCUT2D eigenvalue weighted by Crippen LogP contribution is -2.42. The Hall–Kier alpha value is -2.59. The van der Waals surface area contributed by atoms with Crippen LogP contribution in [0.15, 0.2) is 0 Å². The summed E-state index contributed by atoms with van der Waals surface area (Å²) in [5.74, 6) is -3.77. The van der Waals surface area contributed by atoms with E-state index >= 15 is 0 Å². The van der Waals surface area contributed by atoms with Crippen molar-refractivity contribution in [2.24, 2.45) is 0 Å². The van der Waals surface area contributed by atoms with E-state index in [4.69, 9.17) is 29.9 Å². The highest BCUT2D eigenvalue weighted by Crippen LogP contribution is 2.26. The van der Waals surface area contributed by atoms with Gasteiger partial charge in [0.1, 0.15) is 12.7 Å². The van der Waals surface area contributed by atoms with Gasteiger partial charge in [0.05, 0.1) is 37.8 Å². The fourth-order valence-electron chi connectivity index (χ4n) is 2.61. The van der Waals surface area contributed by atoms with Crippen molar-refractivity contribution in [2.45, 2.75) is 50.9 Å². The summed E-state index contributed by atoms with van der Waals surface area (Å²) in [6.45, 7) is 9.81. The zero-order chi connectivity index (χ0) is 25.9. The number of nitrogens with zero attached hydrogens (tertiary/aromatic N) is 3. The van der Waals surface area contributed by atoms with Crippen LogP contribution in [0.3, 0.4) is 0 Å². The Kier molecular flexibility index (Phi) is 11.5. The van der Waals surface area contributed by atoms with Crippen LogP contribution in [0.2, 0.25) is 0 Å². The first-order valence-electron chi connectivity index (χ1n) is 10.3. The van der Waals surface area contributed by atoms with Crippen LogP contribution in [-0.4, -0.2) is 109 Å². The van der Waals surface area contributed by atoms with Gasteiger partial charge >= 0.3 is 17.9 Å². The molecule has 1 aromatic rings. The summed E-state index contributed by atoms with van der Waals surface area (Å²) in [5.41, 5.74) is -2.76. The van der Waals surface area contributed by atoms with Crippen LogP contribution in [0.4, 0.5) is 5.82 Å². The predicted molar refractivity (Wildman–Crippen MR) is 119 cm³/mol. The second kappa shape index (κ2) is 13.3. The smallest absolute Gasteiger partial charge is 0.336 e. The molecule has 1 atom stereocenters. The van der Waals surface area contributed by atoms with Crippen molar-refractivity contribution in [3.05, 3.63) is 0 Å². The fourth-order valence-corrected chi connectivity index (χ4v) is 3.13. The zero-order valence-electron chi connectivity index (χ0n) is 19.3. The molecule has 0 amide bonds. The van der Waals surface area contributed by atoms with Gasteiger partial charge in [0.2, 0.25) is 5.82 Å². The number of anilines is 1. The monoisotopic (exact) mass is 508 g/mol. The van der Waals surface area contributed by atoms with Gasteiger partial charge < -0.3 is 45.2 Å². The van der Waals surface area contributed by atoms with Crippen molar-refractivity contribution in [1.29, 1.82) is 0 Å². The van der Waals surface area contributed by atoms with Crippen molar-refractivity contribution >= 4 is 35.5 Å². The van der Waals surface area contributed by atoms with E-state index in [0.29, 0.717) is 25.6 Å². The maximum absolute atomic E-state index is 10.3. The SMILES string of the molecule is CC(C)(C)NCC(O)COc1nsnc1N1CCOCC1.O=C(O)CC(O)(CC(=O)O)C(=O)O. The third kappa shape index (κ3) is 11.0. The standard InChI is InChI=1S/C13H24N4O3S.C6H8O7/c1-13(2,3)14-8-10(18)9-20-12-11(15-21-16-12)17-4-6-19-7-5-17;7-3(8)1-6(13,5(11)12)2-4(9)10/h10,14,18H,4-9H2,1-3H3;13H,1-2H2,(H,7,8)(H,9,10)(H,11,12). The van der Waals surface area contributed by atoms with Gasteiger partial charge in [0.25, 0.3) is 5.88 Å². The van der Waals surface area contributed by atoms with Crippen molar-refractivity contribution in [2.75, 3.05) is 44.4 Å². The molecular formula is C19H32N4O10S. The molecular weight excluding hydrogens is 476 g/mol. The largest absolute Gasteiger partial charge is 0.481 e. The Morgan fingerprint density at radius 1 is 1.12 bits per heavy atom. The van der Waals surface area contributed by atoms with E-state index in [1.54, 1.807) is 0 Å². The lowest BCUT2D eigenvalue weighted by atomic mass is 9.96. The average Bonchev–Trinajstić information content (AvgIpc) is 3.18. The zero-order valence-corrected chi connectivity index (χ0v) is 20.1. The lowest BCUT2D eigenvalue weighted by Gasteiger charge is -2.27. The third-order valence-electron chi connectivity index (χ3n) is 4.32. The van der Waals surface area contributed by atoms with E-state index in [1.165, 1.54) is 0 Å². The van der Waals surface area contributed by atoms with Gasteiger partial charge in [-0.1, -0.05) is 0 Å². The van der Waals surface area contributed by atoms with E-state index in [-0.39, 0.29) is 12.1 Å². The Labute approximate surface area is 200 Å². The molecule has 1 unspecified atom stereocenters. The maximum atomic E-state index is 10.3. The highest BCUT2D eigenvalue weighted by Gasteiger charge is 2.40. The minimum absolute atomic E-state index is 0.0257. The van der Waals surface area contributed by atoms with E-state index in [9.17, 15) is 19.5 Å². The minimum atomic E-state index is -2.74. The van der Waals surface area contributed by atoms with Crippen LogP contribution in [0, 0.1) is 0 Å². The summed E-state index contributed by atoms with van der Waals surface area (Å²) < 4.78 is 19.4. The second-order valence-corrected chi connectivity index (χ2v) is 9.09. The molecule has 0 radical (unpaired) electrons. The topological polar surface area (TPSA) is 212 Å². The molecule has 0 bridgehead atoms. The quantitative estimate of drug-likeness (QED) is 0.217. The maximum Gasteiger partial charge on any atom is 0.336 e. The number of aromatic nitrogens is 2. The molecule has 34 heavy (non-hydrogen) atoms. The number of rotatable bonds is 11. The average molecular weight is 509 g/mol. The van der Waals surface area contributed by atoms with E-state index < -0.39 is 42.5 Å². The van der Waals surface area contributed by atoms with Crippen LogP contribution in [-0.2, 0) is 19.1 Å². The summed E-state index contributed by atoms with van der Waals surface area (Å²) in [5, 5.41) is 47.0. The van der Waals surface area contributed by atoms with Crippen LogP contribution >= 0.6 is 11.7 Å². The van der Waals surface area contributed by atoms with Crippen molar-refractivity contribution in [1.82, 2.24) is 14.1 Å². The molecule has 1 aliphatic heterocycles. The van der Waals surface area contributed by atoms with E-state index in [0.717, 1.165) is 30.6 Å². The number of carbonyl (C=O) groups is 3. The Morgan fingerprint density at radius 3 is 2.15 bits per heavy atom. The number of aliphatic carboxylic acids is 3. The number of hydrogen-bond donors (Lipinski definition) is 6. The number of hydrogen-bond acceptors (Lipinski definition) is 12. The Balaban J connectivity index is 0.000000385.